The van der Waals surface area contributed by atoms with Gasteiger partial charge in [-0.15, -0.1) is 0 Å². The summed E-state index contributed by atoms with van der Waals surface area (Å²) in [5.74, 6) is -3.61. The predicted octanol–water partition coefficient (Wildman–Crippen LogP) is 4.47. The highest BCUT2D eigenvalue weighted by Gasteiger charge is 2.36. The number of nitrogens with one attached hydrogen (secondary N) is 1. The van der Waals surface area contributed by atoms with Crippen molar-refractivity contribution in [3.05, 3.63) is 53.1 Å². The normalized spacial score (nSPS) is 15.3. The third-order valence-corrected chi connectivity index (χ3v) is 8.11. The van der Waals surface area contributed by atoms with Crippen molar-refractivity contribution in [3.8, 4) is 5.75 Å². The van der Waals surface area contributed by atoms with E-state index in [1.807, 2.05) is 0 Å². The summed E-state index contributed by atoms with van der Waals surface area (Å²) in [7, 11) is -2.35. The molecule has 0 bridgehead atoms. The van der Waals surface area contributed by atoms with Gasteiger partial charge < -0.3 is 20.1 Å². The van der Waals surface area contributed by atoms with E-state index in [1.54, 1.807) is 19.6 Å². The summed E-state index contributed by atoms with van der Waals surface area (Å²) in [4.78, 5) is 38.6. The number of ether oxygens (including phenoxy) is 1. The van der Waals surface area contributed by atoms with E-state index < -0.39 is 56.6 Å². The lowest BCUT2D eigenvalue weighted by molar-refractivity contribution is -0.140. The molecule has 0 aromatic heterocycles. The molecule has 2 aromatic carbocycles. The molecule has 0 saturated heterocycles. The van der Waals surface area contributed by atoms with Crippen LogP contribution in [-0.4, -0.2) is 55.4 Å². The van der Waals surface area contributed by atoms with Gasteiger partial charge in [0.15, 0.2) is 0 Å². The smallest absolute Gasteiger partial charge is 0.303 e. The minimum atomic E-state index is -2.67. The van der Waals surface area contributed by atoms with Crippen LogP contribution >= 0.6 is 0 Å². The highest BCUT2D eigenvalue weighted by atomic mass is 28.3. The van der Waals surface area contributed by atoms with Crippen LogP contribution in [0.25, 0.3) is 0 Å². The van der Waals surface area contributed by atoms with E-state index in [-0.39, 0.29) is 42.4 Å². The zero-order valence-corrected chi connectivity index (χ0v) is 22.3. The molecule has 0 fully saturated rings. The third kappa shape index (κ3) is 7.12. The summed E-state index contributed by atoms with van der Waals surface area (Å²) in [6, 6.07) is 5.31. The number of hydrogen-bond donors (Lipinski definition) is 2. The first-order valence-electron chi connectivity index (χ1n) is 12.1. The van der Waals surface area contributed by atoms with Gasteiger partial charge in [0, 0.05) is 30.3 Å². The molecular weight excluding hydrogens is 524 g/mol. The van der Waals surface area contributed by atoms with E-state index >= 15 is 0 Å². The Bertz CT molecular complexity index is 1200. The van der Waals surface area contributed by atoms with Gasteiger partial charge in [-0.05, 0) is 48.2 Å². The number of carboxylic acids is 1. The molecule has 38 heavy (non-hydrogen) atoms. The first-order chi connectivity index (χ1) is 17.8. The Morgan fingerprint density at radius 2 is 1.76 bits per heavy atom. The summed E-state index contributed by atoms with van der Waals surface area (Å²) in [5.41, 5.74) is 0.886. The number of aliphatic carboxylic acids is 1. The second-order valence-electron chi connectivity index (χ2n) is 10.1. The fraction of sp³-hybridized carbons (Fsp3) is 0.423. The first kappa shape index (κ1) is 29.1. The molecule has 3 rings (SSSR count). The quantitative estimate of drug-likeness (QED) is 0.334. The number of rotatable bonds is 10. The number of halogens is 4. The molecule has 1 heterocycles. The van der Waals surface area contributed by atoms with Gasteiger partial charge in [0.05, 0.1) is 8.07 Å². The van der Waals surface area contributed by atoms with Gasteiger partial charge in [-0.3, -0.25) is 14.4 Å². The highest BCUT2D eigenvalue weighted by Crippen LogP contribution is 2.34. The fourth-order valence-corrected chi connectivity index (χ4v) is 6.09. The van der Waals surface area contributed by atoms with Crippen LogP contribution < -0.4 is 15.2 Å². The molecule has 0 aliphatic carbocycles. The average molecular weight is 555 g/mol. The number of hydrogen-bond acceptors (Lipinski definition) is 4. The number of fused-ring (bicyclic) bond motifs is 1. The van der Waals surface area contributed by atoms with E-state index in [0.717, 1.165) is 12.1 Å². The second kappa shape index (κ2) is 12.0. The maximum absolute atomic E-state index is 14.8. The molecule has 7 nitrogen and oxygen atoms in total. The number of alkyl halides is 2. The van der Waals surface area contributed by atoms with Gasteiger partial charge in [-0.25, -0.2) is 17.6 Å². The van der Waals surface area contributed by atoms with Crippen LogP contribution in [0.3, 0.4) is 0 Å². The van der Waals surface area contributed by atoms with Crippen molar-refractivity contribution in [1.82, 2.24) is 4.90 Å². The standard InChI is InChI=1S/C26H30F4N2O5Si/c1-38(2,3)25-19(27)12-16(13-20(25)28)31-26(36)24-18-8-7-17(37-14-21(29)30)11-15(18)9-10-32(24)22(33)5-4-6-23(34)35/h7-8,11-13,21,24H,4-6,9-10,14H2,1-3H3,(H,31,36)(H,34,35)/t24-/m1/s1. The molecule has 12 heteroatoms. The van der Waals surface area contributed by atoms with Crippen LogP contribution in [0, 0.1) is 11.6 Å². The molecule has 2 N–H and O–H groups in total. The molecule has 2 aromatic rings. The first-order valence-corrected chi connectivity index (χ1v) is 15.6. The third-order valence-electron chi connectivity index (χ3n) is 6.13. The lowest BCUT2D eigenvalue weighted by Gasteiger charge is -2.36. The van der Waals surface area contributed by atoms with Crippen molar-refractivity contribution in [2.45, 2.75) is 57.8 Å². The Labute approximate surface area is 218 Å². The van der Waals surface area contributed by atoms with Crippen LogP contribution in [0.1, 0.15) is 36.4 Å². The lowest BCUT2D eigenvalue weighted by Crippen LogP contribution is -2.45. The van der Waals surface area contributed by atoms with E-state index in [1.165, 1.54) is 23.1 Å². The van der Waals surface area contributed by atoms with Gasteiger partial charge in [-0.1, -0.05) is 25.7 Å². The van der Waals surface area contributed by atoms with E-state index in [4.69, 9.17) is 9.84 Å². The molecule has 206 valence electrons. The van der Waals surface area contributed by atoms with Crippen molar-refractivity contribution >= 4 is 36.7 Å². The Morgan fingerprint density at radius 3 is 2.34 bits per heavy atom. The van der Waals surface area contributed by atoms with Crippen molar-refractivity contribution in [3.63, 3.8) is 0 Å². The molecule has 1 aliphatic rings. The predicted molar refractivity (Wildman–Crippen MR) is 136 cm³/mol. The van der Waals surface area contributed by atoms with Gasteiger partial charge in [0.1, 0.15) is 30.0 Å². The lowest BCUT2D eigenvalue weighted by atomic mass is 9.91. The maximum Gasteiger partial charge on any atom is 0.303 e. The Kier molecular flexibility index (Phi) is 9.18. The molecule has 1 aliphatic heterocycles. The number of carbonyl (C=O) groups is 3. The van der Waals surface area contributed by atoms with Gasteiger partial charge in [0.25, 0.3) is 12.3 Å². The molecule has 0 radical (unpaired) electrons. The van der Waals surface area contributed by atoms with Crippen LogP contribution in [0.2, 0.25) is 19.6 Å². The molecule has 1 atom stereocenters. The fourth-order valence-electron chi connectivity index (χ4n) is 4.51. The zero-order chi connectivity index (χ0) is 28.2. The minimum Gasteiger partial charge on any atom is -0.488 e. The van der Waals surface area contributed by atoms with Gasteiger partial charge in [0.2, 0.25) is 5.91 Å². The number of amides is 2. The Morgan fingerprint density at radius 1 is 1.11 bits per heavy atom. The van der Waals surface area contributed by atoms with Crippen LogP contribution in [-0.2, 0) is 20.8 Å². The van der Waals surface area contributed by atoms with Crippen LogP contribution in [0.4, 0.5) is 23.2 Å². The van der Waals surface area contributed by atoms with E-state index in [0.29, 0.717) is 17.5 Å². The Hall–Kier alpha value is -3.41. The summed E-state index contributed by atoms with van der Waals surface area (Å²) in [6.07, 6.45) is -2.64. The molecule has 2 amide bonds. The number of carbonyl (C=O) groups excluding carboxylic acids is 2. The topological polar surface area (TPSA) is 95.9 Å². The molecule has 0 saturated carbocycles. The van der Waals surface area contributed by atoms with E-state index in [9.17, 15) is 31.9 Å². The summed E-state index contributed by atoms with van der Waals surface area (Å²) in [6.45, 7) is 4.66. The average Bonchev–Trinajstić information content (AvgIpc) is 2.80. The molecule has 0 unspecified atom stereocenters. The number of benzene rings is 2. The number of anilines is 1. The molecule has 0 spiro atoms. The van der Waals surface area contributed by atoms with E-state index in [2.05, 4.69) is 5.32 Å². The number of carboxylic acid groups (broad SMARTS) is 1. The maximum atomic E-state index is 14.8. The van der Waals surface area contributed by atoms with Crippen molar-refractivity contribution in [1.29, 1.82) is 0 Å². The van der Waals surface area contributed by atoms with Crippen molar-refractivity contribution < 1.29 is 41.8 Å². The SMILES string of the molecule is C[Si](C)(C)c1c(F)cc(NC(=O)[C@H]2c3ccc(OCC(F)F)cc3CCN2C(=O)CCCC(=O)O)cc1F. The molecular formula is C26H30F4N2O5Si. The highest BCUT2D eigenvalue weighted by molar-refractivity contribution is 6.88. The van der Waals surface area contributed by atoms with Crippen LogP contribution in [0.5, 0.6) is 5.75 Å². The Balaban J connectivity index is 1.93. The summed E-state index contributed by atoms with van der Waals surface area (Å²) >= 11 is 0. The largest absolute Gasteiger partial charge is 0.488 e. The van der Waals surface area contributed by atoms with Gasteiger partial charge >= 0.3 is 5.97 Å². The second-order valence-corrected chi connectivity index (χ2v) is 15.1. The number of nitrogens with zero attached hydrogens (tertiary/aromatic N) is 1. The monoisotopic (exact) mass is 554 g/mol. The van der Waals surface area contributed by atoms with Gasteiger partial charge in [-0.2, -0.15) is 0 Å². The van der Waals surface area contributed by atoms with Crippen molar-refractivity contribution in [2.24, 2.45) is 0 Å². The summed E-state index contributed by atoms with van der Waals surface area (Å²) in [5, 5.41) is 11.4. The van der Waals surface area contributed by atoms with Crippen LogP contribution in [0.15, 0.2) is 30.3 Å². The van der Waals surface area contributed by atoms with Crippen molar-refractivity contribution in [2.75, 3.05) is 18.5 Å². The minimum absolute atomic E-state index is 0.00470. The summed E-state index contributed by atoms with van der Waals surface area (Å²) < 4.78 is 59.8. The zero-order valence-electron chi connectivity index (χ0n) is 21.3.